The van der Waals surface area contributed by atoms with Gasteiger partial charge in [-0.15, -0.1) is 0 Å². The van der Waals surface area contributed by atoms with E-state index in [0.717, 1.165) is 17.8 Å². The van der Waals surface area contributed by atoms with Gasteiger partial charge in [0.05, 0.1) is 11.9 Å². The number of rotatable bonds is 4. The van der Waals surface area contributed by atoms with Gasteiger partial charge in [0.1, 0.15) is 0 Å². The SMILES string of the molecule is CCNc1ccc(C(=O)Nc2cn[nH]c2)cc1C. The summed E-state index contributed by atoms with van der Waals surface area (Å²) in [6.45, 7) is 4.88. The number of hydrogen-bond acceptors (Lipinski definition) is 3. The molecule has 2 rings (SSSR count). The van der Waals surface area contributed by atoms with Crippen LogP contribution in [0.25, 0.3) is 0 Å². The smallest absolute Gasteiger partial charge is 0.255 e. The Kier molecular flexibility index (Phi) is 3.62. The van der Waals surface area contributed by atoms with Crippen LogP contribution >= 0.6 is 0 Å². The summed E-state index contributed by atoms with van der Waals surface area (Å²) < 4.78 is 0. The summed E-state index contributed by atoms with van der Waals surface area (Å²) in [6.07, 6.45) is 3.20. The van der Waals surface area contributed by atoms with E-state index in [-0.39, 0.29) is 5.91 Å². The third kappa shape index (κ3) is 2.68. The lowest BCUT2D eigenvalue weighted by molar-refractivity contribution is 0.102. The maximum atomic E-state index is 12.0. The molecule has 0 saturated carbocycles. The topological polar surface area (TPSA) is 69.8 Å². The van der Waals surface area contributed by atoms with Crippen LogP contribution in [0.15, 0.2) is 30.6 Å². The summed E-state index contributed by atoms with van der Waals surface area (Å²) in [6, 6.07) is 5.59. The standard InChI is InChI=1S/C13H16N4O/c1-3-14-12-5-4-10(6-9(12)2)13(18)17-11-7-15-16-8-11/h4-8,14H,3H2,1-2H3,(H,15,16)(H,17,18). The Bertz CT molecular complexity index is 534. The number of nitrogens with zero attached hydrogens (tertiary/aromatic N) is 1. The first-order valence-corrected chi connectivity index (χ1v) is 5.85. The molecular formula is C13H16N4O. The Morgan fingerprint density at radius 2 is 2.28 bits per heavy atom. The third-order valence-corrected chi connectivity index (χ3v) is 2.61. The highest BCUT2D eigenvalue weighted by Gasteiger charge is 2.08. The fraction of sp³-hybridized carbons (Fsp3) is 0.231. The van der Waals surface area contributed by atoms with Crippen molar-refractivity contribution in [3.05, 3.63) is 41.7 Å². The summed E-state index contributed by atoms with van der Waals surface area (Å²) in [5.74, 6) is -0.137. The van der Waals surface area contributed by atoms with Crippen molar-refractivity contribution in [2.45, 2.75) is 13.8 Å². The van der Waals surface area contributed by atoms with E-state index in [2.05, 4.69) is 20.8 Å². The molecule has 3 N–H and O–H groups in total. The number of H-pyrrole nitrogens is 1. The van der Waals surface area contributed by atoms with Crippen molar-refractivity contribution in [3.8, 4) is 0 Å². The minimum Gasteiger partial charge on any atom is -0.385 e. The Balaban J connectivity index is 2.13. The van der Waals surface area contributed by atoms with Crippen LogP contribution in [0.1, 0.15) is 22.8 Å². The summed E-state index contributed by atoms with van der Waals surface area (Å²) in [7, 11) is 0. The zero-order valence-corrected chi connectivity index (χ0v) is 10.4. The summed E-state index contributed by atoms with van der Waals surface area (Å²) in [5.41, 5.74) is 3.40. The first-order valence-electron chi connectivity index (χ1n) is 5.85. The lowest BCUT2D eigenvalue weighted by atomic mass is 10.1. The van der Waals surface area contributed by atoms with Gasteiger partial charge in [0.15, 0.2) is 0 Å². The number of hydrogen-bond donors (Lipinski definition) is 3. The number of aromatic amines is 1. The molecule has 1 amide bonds. The number of aryl methyl sites for hydroxylation is 1. The molecule has 0 fully saturated rings. The highest BCUT2D eigenvalue weighted by atomic mass is 16.1. The van der Waals surface area contributed by atoms with Gasteiger partial charge < -0.3 is 10.6 Å². The predicted molar refractivity (Wildman–Crippen MR) is 71.9 cm³/mol. The molecule has 94 valence electrons. The zero-order valence-electron chi connectivity index (χ0n) is 10.4. The van der Waals surface area contributed by atoms with Crippen LogP contribution in [-0.2, 0) is 0 Å². The summed E-state index contributed by atoms with van der Waals surface area (Å²) in [4.78, 5) is 12.0. The van der Waals surface area contributed by atoms with E-state index in [1.54, 1.807) is 18.5 Å². The van der Waals surface area contributed by atoms with Gasteiger partial charge in [0, 0.05) is 24.0 Å². The molecule has 0 aliphatic heterocycles. The fourth-order valence-electron chi connectivity index (χ4n) is 1.72. The van der Waals surface area contributed by atoms with E-state index in [1.165, 1.54) is 0 Å². The second-order valence-corrected chi connectivity index (χ2v) is 4.00. The number of nitrogens with one attached hydrogen (secondary N) is 3. The fourth-order valence-corrected chi connectivity index (χ4v) is 1.72. The lowest BCUT2D eigenvalue weighted by Crippen LogP contribution is -2.12. The second-order valence-electron chi connectivity index (χ2n) is 4.00. The van der Waals surface area contributed by atoms with E-state index in [0.29, 0.717) is 11.3 Å². The van der Waals surface area contributed by atoms with Gasteiger partial charge in [-0.1, -0.05) is 0 Å². The predicted octanol–water partition coefficient (Wildman–Crippen LogP) is 2.40. The average molecular weight is 244 g/mol. The van der Waals surface area contributed by atoms with Crippen molar-refractivity contribution < 1.29 is 4.79 Å². The minimum absolute atomic E-state index is 0.137. The number of amides is 1. The molecular weight excluding hydrogens is 228 g/mol. The van der Waals surface area contributed by atoms with Gasteiger partial charge in [0.25, 0.3) is 5.91 Å². The number of carbonyl (C=O) groups is 1. The van der Waals surface area contributed by atoms with Gasteiger partial charge in [-0.05, 0) is 37.6 Å². The van der Waals surface area contributed by atoms with Crippen LogP contribution in [0.2, 0.25) is 0 Å². The molecule has 1 aromatic heterocycles. The van der Waals surface area contributed by atoms with Gasteiger partial charge in [-0.3, -0.25) is 9.89 Å². The van der Waals surface area contributed by atoms with Crippen molar-refractivity contribution in [2.75, 3.05) is 17.2 Å². The number of anilines is 2. The Hall–Kier alpha value is -2.30. The van der Waals surface area contributed by atoms with Crippen LogP contribution in [0.5, 0.6) is 0 Å². The maximum Gasteiger partial charge on any atom is 0.255 e. The van der Waals surface area contributed by atoms with Gasteiger partial charge in [-0.2, -0.15) is 5.10 Å². The zero-order chi connectivity index (χ0) is 13.0. The van der Waals surface area contributed by atoms with Gasteiger partial charge >= 0.3 is 0 Å². The highest BCUT2D eigenvalue weighted by Crippen LogP contribution is 2.17. The number of benzene rings is 1. The molecule has 0 unspecified atom stereocenters. The molecule has 18 heavy (non-hydrogen) atoms. The number of carbonyl (C=O) groups excluding carboxylic acids is 1. The van der Waals surface area contributed by atoms with Gasteiger partial charge in [0.2, 0.25) is 0 Å². The summed E-state index contributed by atoms with van der Waals surface area (Å²) in [5, 5.41) is 12.4. The third-order valence-electron chi connectivity index (χ3n) is 2.61. The maximum absolute atomic E-state index is 12.0. The van der Waals surface area contributed by atoms with Gasteiger partial charge in [-0.25, -0.2) is 0 Å². The van der Waals surface area contributed by atoms with Crippen LogP contribution in [0.3, 0.4) is 0 Å². The quantitative estimate of drug-likeness (QED) is 0.773. The molecule has 0 spiro atoms. The first-order chi connectivity index (χ1) is 8.70. The van der Waals surface area contributed by atoms with E-state index >= 15 is 0 Å². The van der Waals surface area contributed by atoms with Crippen LogP contribution in [0.4, 0.5) is 11.4 Å². The molecule has 0 saturated heterocycles. The van der Waals surface area contributed by atoms with E-state index < -0.39 is 0 Å². The number of aromatic nitrogens is 2. The Labute approximate surface area is 106 Å². The molecule has 0 atom stereocenters. The van der Waals surface area contributed by atoms with Crippen molar-refractivity contribution in [1.82, 2.24) is 10.2 Å². The summed E-state index contributed by atoms with van der Waals surface area (Å²) >= 11 is 0. The van der Waals surface area contributed by atoms with Crippen molar-refractivity contribution in [2.24, 2.45) is 0 Å². The Morgan fingerprint density at radius 3 is 2.89 bits per heavy atom. The molecule has 1 aromatic carbocycles. The largest absolute Gasteiger partial charge is 0.385 e. The van der Waals surface area contributed by atoms with Crippen molar-refractivity contribution in [1.29, 1.82) is 0 Å². The van der Waals surface area contributed by atoms with E-state index in [1.807, 2.05) is 26.0 Å². The monoisotopic (exact) mass is 244 g/mol. The van der Waals surface area contributed by atoms with E-state index in [4.69, 9.17) is 0 Å². The molecule has 0 bridgehead atoms. The minimum atomic E-state index is -0.137. The van der Waals surface area contributed by atoms with E-state index in [9.17, 15) is 4.79 Å². The molecule has 0 aliphatic carbocycles. The lowest BCUT2D eigenvalue weighted by Gasteiger charge is -2.09. The molecule has 0 radical (unpaired) electrons. The van der Waals surface area contributed by atoms with Crippen LogP contribution in [-0.4, -0.2) is 22.6 Å². The molecule has 0 aliphatic rings. The van der Waals surface area contributed by atoms with Crippen molar-refractivity contribution >= 4 is 17.3 Å². The van der Waals surface area contributed by atoms with Crippen LogP contribution in [0, 0.1) is 6.92 Å². The Morgan fingerprint density at radius 1 is 1.44 bits per heavy atom. The highest BCUT2D eigenvalue weighted by molar-refractivity contribution is 6.04. The molecule has 5 heteroatoms. The first kappa shape index (κ1) is 12.2. The molecule has 2 aromatic rings. The molecule has 1 heterocycles. The normalized spacial score (nSPS) is 10.1. The van der Waals surface area contributed by atoms with Crippen LogP contribution < -0.4 is 10.6 Å². The molecule has 5 nitrogen and oxygen atoms in total. The second kappa shape index (κ2) is 5.35. The van der Waals surface area contributed by atoms with Crippen molar-refractivity contribution in [3.63, 3.8) is 0 Å². The average Bonchev–Trinajstić information content (AvgIpc) is 2.84.